The molecule has 0 aliphatic carbocycles. The first-order chi connectivity index (χ1) is 13.7. The highest BCUT2D eigenvalue weighted by Gasteiger charge is 2.09. The lowest BCUT2D eigenvalue weighted by molar-refractivity contribution is -0.115. The summed E-state index contributed by atoms with van der Waals surface area (Å²) in [6.07, 6.45) is 2.00. The number of carbonyl (C=O) groups is 1. The summed E-state index contributed by atoms with van der Waals surface area (Å²) in [6.45, 7) is 1.89. The molecule has 0 aliphatic rings. The first kappa shape index (κ1) is 19.5. The first-order valence-electron chi connectivity index (χ1n) is 8.77. The van der Waals surface area contributed by atoms with E-state index in [1.807, 2.05) is 43.3 Å². The van der Waals surface area contributed by atoms with Crippen LogP contribution in [0.15, 0.2) is 71.8 Å². The minimum absolute atomic E-state index is 0.0308. The van der Waals surface area contributed by atoms with Crippen LogP contribution in [0.25, 0.3) is 0 Å². The number of benzene rings is 2. The van der Waals surface area contributed by atoms with Gasteiger partial charge < -0.3 is 10.1 Å². The highest BCUT2D eigenvalue weighted by molar-refractivity contribution is 7.99. The van der Waals surface area contributed by atoms with E-state index in [-0.39, 0.29) is 11.8 Å². The molecule has 3 aromatic rings. The second kappa shape index (κ2) is 9.58. The van der Waals surface area contributed by atoms with Gasteiger partial charge in [-0.25, -0.2) is 4.98 Å². The number of ether oxygens (including phenoxy) is 1. The maximum atomic E-state index is 12.2. The molecule has 2 aromatic carbocycles. The third-order valence-electron chi connectivity index (χ3n) is 3.92. The molecule has 28 heavy (non-hydrogen) atoms. The van der Waals surface area contributed by atoms with Gasteiger partial charge in [0.2, 0.25) is 11.8 Å². The quantitative estimate of drug-likeness (QED) is 0.564. The summed E-state index contributed by atoms with van der Waals surface area (Å²) in [4.78, 5) is 17.5. The van der Waals surface area contributed by atoms with E-state index in [0.29, 0.717) is 23.5 Å². The number of hydrogen-bond acceptors (Lipinski definition) is 5. The predicted octanol–water partition coefficient (Wildman–Crippen LogP) is 5.17. The van der Waals surface area contributed by atoms with Crippen LogP contribution in [0.3, 0.4) is 0 Å². The van der Waals surface area contributed by atoms with Gasteiger partial charge in [0.15, 0.2) is 0 Å². The average molecular weight is 389 g/mol. The van der Waals surface area contributed by atoms with E-state index in [4.69, 9.17) is 10.00 Å². The van der Waals surface area contributed by atoms with Crippen LogP contribution in [0.5, 0.6) is 11.6 Å². The molecule has 6 heteroatoms. The molecule has 5 nitrogen and oxygen atoms in total. The van der Waals surface area contributed by atoms with Crippen molar-refractivity contribution in [3.63, 3.8) is 0 Å². The number of aromatic nitrogens is 1. The molecular formula is C22H19N3O2S. The Morgan fingerprint density at radius 3 is 2.75 bits per heavy atom. The van der Waals surface area contributed by atoms with Crippen molar-refractivity contribution < 1.29 is 9.53 Å². The van der Waals surface area contributed by atoms with Crippen LogP contribution in [0.1, 0.15) is 17.5 Å². The maximum absolute atomic E-state index is 12.2. The highest BCUT2D eigenvalue weighted by atomic mass is 32.2. The number of thioether (sulfide) groups is 1. The smallest absolute Gasteiger partial charge is 0.237 e. The lowest BCUT2D eigenvalue weighted by atomic mass is 10.2. The fourth-order valence-electron chi connectivity index (χ4n) is 2.50. The summed E-state index contributed by atoms with van der Waals surface area (Å²) in [6, 6.07) is 20.8. The third-order valence-corrected chi connectivity index (χ3v) is 4.93. The molecule has 140 valence electrons. The molecule has 0 saturated carbocycles. The van der Waals surface area contributed by atoms with E-state index in [1.54, 1.807) is 42.2 Å². The molecule has 1 N–H and O–H groups in total. The number of carbonyl (C=O) groups excluding carboxylic acids is 1. The molecule has 0 saturated heterocycles. The number of anilines is 1. The highest BCUT2D eigenvalue weighted by Crippen LogP contribution is 2.27. The van der Waals surface area contributed by atoms with Crippen molar-refractivity contribution >= 4 is 23.4 Å². The Labute approximate surface area is 168 Å². The molecule has 0 radical (unpaired) electrons. The topological polar surface area (TPSA) is 75.0 Å². The van der Waals surface area contributed by atoms with Gasteiger partial charge in [0.1, 0.15) is 17.4 Å². The van der Waals surface area contributed by atoms with Crippen molar-refractivity contribution in [2.45, 2.75) is 18.2 Å². The Balaban J connectivity index is 1.56. The number of aryl methyl sites for hydroxylation is 1. The van der Waals surface area contributed by atoms with Crippen LogP contribution >= 0.6 is 11.8 Å². The van der Waals surface area contributed by atoms with Crippen molar-refractivity contribution in [1.82, 2.24) is 4.98 Å². The monoisotopic (exact) mass is 389 g/mol. The van der Waals surface area contributed by atoms with Crippen molar-refractivity contribution in [1.29, 1.82) is 5.26 Å². The molecule has 0 atom stereocenters. The second-order valence-electron chi connectivity index (χ2n) is 6.01. The number of hydrogen-bond donors (Lipinski definition) is 1. The Bertz CT molecular complexity index is 1000. The fourth-order valence-corrected chi connectivity index (χ4v) is 3.37. The van der Waals surface area contributed by atoms with Crippen LogP contribution in [0, 0.1) is 18.3 Å². The minimum atomic E-state index is -0.0308. The lowest BCUT2D eigenvalue weighted by Crippen LogP contribution is -2.13. The van der Waals surface area contributed by atoms with E-state index in [1.165, 1.54) is 0 Å². The number of nitrogens with zero attached hydrogens (tertiary/aromatic N) is 2. The summed E-state index contributed by atoms with van der Waals surface area (Å²) in [5.41, 5.74) is 1.98. The van der Waals surface area contributed by atoms with E-state index in [2.05, 4.69) is 16.4 Å². The molecule has 1 amide bonds. The molecule has 0 bridgehead atoms. The minimum Gasteiger partial charge on any atom is -0.438 e. The van der Waals surface area contributed by atoms with Crippen molar-refractivity contribution in [3.8, 4) is 17.7 Å². The van der Waals surface area contributed by atoms with Gasteiger partial charge >= 0.3 is 0 Å². The normalized spacial score (nSPS) is 10.1. The SMILES string of the molecule is Cc1cc(Oc2ncccc2C#N)ccc1NC(=O)CCSc1ccccc1. The zero-order valence-electron chi connectivity index (χ0n) is 15.4. The van der Waals surface area contributed by atoms with Crippen molar-refractivity contribution in [3.05, 3.63) is 78.0 Å². The number of pyridine rings is 1. The maximum Gasteiger partial charge on any atom is 0.237 e. The number of nitriles is 1. The van der Waals surface area contributed by atoms with Gasteiger partial charge in [-0.2, -0.15) is 5.26 Å². The Hall–Kier alpha value is -3.30. The van der Waals surface area contributed by atoms with Gasteiger partial charge in [-0.05, 0) is 55.0 Å². The molecule has 0 fully saturated rings. The Morgan fingerprint density at radius 2 is 2.00 bits per heavy atom. The summed E-state index contributed by atoms with van der Waals surface area (Å²) < 4.78 is 5.71. The molecule has 1 aromatic heterocycles. The summed E-state index contributed by atoms with van der Waals surface area (Å²) in [5, 5.41) is 12.1. The number of nitrogens with one attached hydrogen (secondary N) is 1. The van der Waals surface area contributed by atoms with E-state index in [9.17, 15) is 4.79 Å². The van der Waals surface area contributed by atoms with Gasteiger partial charge in [0, 0.05) is 29.0 Å². The fraction of sp³-hybridized carbons (Fsp3) is 0.136. The van der Waals surface area contributed by atoms with Crippen LogP contribution in [-0.2, 0) is 4.79 Å². The molecule has 3 rings (SSSR count). The van der Waals surface area contributed by atoms with Crippen LogP contribution in [-0.4, -0.2) is 16.6 Å². The van der Waals surface area contributed by atoms with Crippen molar-refractivity contribution in [2.24, 2.45) is 0 Å². The predicted molar refractivity (Wildman–Crippen MR) is 111 cm³/mol. The molecule has 0 unspecified atom stereocenters. The summed E-state index contributed by atoms with van der Waals surface area (Å²) >= 11 is 1.66. The summed E-state index contributed by atoms with van der Waals surface area (Å²) in [5.74, 6) is 1.51. The zero-order chi connectivity index (χ0) is 19.8. The summed E-state index contributed by atoms with van der Waals surface area (Å²) in [7, 11) is 0. The molecule has 0 spiro atoms. The third kappa shape index (κ3) is 5.35. The van der Waals surface area contributed by atoms with Gasteiger partial charge in [0.05, 0.1) is 0 Å². The van der Waals surface area contributed by atoms with E-state index >= 15 is 0 Å². The molecule has 0 aliphatic heterocycles. The number of amides is 1. The van der Waals surface area contributed by atoms with E-state index < -0.39 is 0 Å². The van der Waals surface area contributed by atoms with Gasteiger partial charge in [-0.1, -0.05) is 18.2 Å². The lowest BCUT2D eigenvalue weighted by Gasteiger charge is -2.11. The number of rotatable bonds is 7. The standard InChI is InChI=1S/C22H19N3O2S/c1-16-14-18(27-22-17(15-23)6-5-12-24-22)9-10-20(16)25-21(26)11-13-28-19-7-3-2-4-8-19/h2-10,12,14H,11,13H2,1H3,(H,25,26). The Kier molecular flexibility index (Phi) is 6.66. The molecular weight excluding hydrogens is 370 g/mol. The van der Waals surface area contributed by atoms with Crippen LogP contribution in [0.4, 0.5) is 5.69 Å². The van der Waals surface area contributed by atoms with Gasteiger partial charge in [0.25, 0.3) is 0 Å². The first-order valence-corrected chi connectivity index (χ1v) is 9.75. The van der Waals surface area contributed by atoms with Gasteiger partial charge in [-0.3, -0.25) is 4.79 Å². The Morgan fingerprint density at radius 1 is 1.18 bits per heavy atom. The largest absolute Gasteiger partial charge is 0.438 e. The van der Waals surface area contributed by atoms with Gasteiger partial charge in [-0.15, -0.1) is 11.8 Å². The van der Waals surface area contributed by atoms with E-state index in [0.717, 1.165) is 16.1 Å². The zero-order valence-corrected chi connectivity index (χ0v) is 16.2. The van der Waals surface area contributed by atoms with Crippen LogP contribution < -0.4 is 10.1 Å². The van der Waals surface area contributed by atoms with Crippen molar-refractivity contribution in [2.75, 3.05) is 11.1 Å². The molecule has 1 heterocycles. The second-order valence-corrected chi connectivity index (χ2v) is 7.17. The van der Waals surface area contributed by atoms with Crippen LogP contribution in [0.2, 0.25) is 0 Å². The average Bonchev–Trinajstić information content (AvgIpc) is 2.71.